The Kier molecular flexibility index (Phi) is 16.7. The third-order valence-corrected chi connectivity index (χ3v) is 4.62. The van der Waals surface area contributed by atoms with Crippen LogP contribution in [0.2, 0.25) is 0 Å². The van der Waals surface area contributed by atoms with Crippen molar-refractivity contribution in [3.8, 4) is 0 Å². The standard InChI is InChI=1S/C22H34O4.Na/c1-2-3-4-5-6-7-8-9-10-14-17-26-21(23)18-20(22(24)25)19-15-12-11-13-16-19;/h11-13,15-16,20H,2-10,14,17-18H2,1H3,(H,24,25);/q;+1/p-1. The number of hydrogen-bond donors (Lipinski definition) is 0. The summed E-state index contributed by atoms with van der Waals surface area (Å²) in [5, 5.41) is 11.3. The number of carboxylic acid groups (broad SMARTS) is 1. The summed E-state index contributed by atoms with van der Waals surface area (Å²) in [4.78, 5) is 23.2. The molecule has 0 radical (unpaired) electrons. The number of esters is 1. The number of ether oxygens (including phenoxy) is 1. The van der Waals surface area contributed by atoms with Gasteiger partial charge in [-0.3, -0.25) is 4.79 Å². The first-order valence-electron chi connectivity index (χ1n) is 10.1. The Morgan fingerprint density at radius 3 is 1.93 bits per heavy atom. The second-order valence-electron chi connectivity index (χ2n) is 6.89. The minimum absolute atomic E-state index is 0. The van der Waals surface area contributed by atoms with E-state index in [1.54, 1.807) is 30.3 Å². The topological polar surface area (TPSA) is 66.4 Å². The van der Waals surface area contributed by atoms with Crippen LogP contribution in [0.5, 0.6) is 0 Å². The summed E-state index contributed by atoms with van der Waals surface area (Å²) in [6.07, 6.45) is 12.0. The number of carboxylic acids is 1. The van der Waals surface area contributed by atoms with Gasteiger partial charge in [-0.25, -0.2) is 0 Å². The van der Waals surface area contributed by atoms with Crippen LogP contribution in [0.3, 0.4) is 0 Å². The van der Waals surface area contributed by atoms with Gasteiger partial charge in [0.1, 0.15) is 0 Å². The number of benzene rings is 1. The maximum atomic E-state index is 11.9. The van der Waals surface area contributed by atoms with E-state index in [9.17, 15) is 14.7 Å². The molecule has 0 aromatic heterocycles. The fourth-order valence-corrected chi connectivity index (χ4v) is 3.02. The van der Waals surface area contributed by atoms with Gasteiger partial charge in [-0.2, -0.15) is 0 Å². The first-order chi connectivity index (χ1) is 12.6. The molecule has 0 aliphatic rings. The van der Waals surface area contributed by atoms with Gasteiger partial charge in [0.15, 0.2) is 0 Å². The van der Waals surface area contributed by atoms with Gasteiger partial charge in [0.25, 0.3) is 0 Å². The van der Waals surface area contributed by atoms with E-state index in [4.69, 9.17) is 4.74 Å². The Hall–Kier alpha value is -0.840. The Morgan fingerprint density at radius 2 is 1.41 bits per heavy atom. The molecule has 1 atom stereocenters. The van der Waals surface area contributed by atoms with Crippen molar-refractivity contribution in [2.45, 2.75) is 83.5 Å². The predicted molar refractivity (Wildman–Crippen MR) is 102 cm³/mol. The predicted octanol–water partition coefficient (Wildman–Crippen LogP) is 1.38. The van der Waals surface area contributed by atoms with Crippen LogP contribution in [0.4, 0.5) is 0 Å². The van der Waals surface area contributed by atoms with Crippen LogP contribution in [-0.4, -0.2) is 18.5 Å². The molecule has 0 amide bonds. The summed E-state index contributed by atoms with van der Waals surface area (Å²) in [5.41, 5.74) is 0.573. The van der Waals surface area contributed by atoms with E-state index < -0.39 is 17.9 Å². The monoisotopic (exact) mass is 384 g/mol. The van der Waals surface area contributed by atoms with Crippen LogP contribution in [-0.2, 0) is 14.3 Å². The van der Waals surface area contributed by atoms with Crippen LogP contribution in [0, 0.1) is 0 Å². The molecule has 0 bridgehead atoms. The van der Waals surface area contributed by atoms with Crippen molar-refractivity contribution in [1.29, 1.82) is 0 Å². The van der Waals surface area contributed by atoms with Crippen LogP contribution in [0.25, 0.3) is 0 Å². The van der Waals surface area contributed by atoms with E-state index in [0.29, 0.717) is 12.2 Å². The Morgan fingerprint density at radius 1 is 0.889 bits per heavy atom. The number of rotatable bonds is 15. The third-order valence-electron chi connectivity index (χ3n) is 4.62. The van der Waals surface area contributed by atoms with Crippen molar-refractivity contribution in [1.82, 2.24) is 0 Å². The molecule has 0 heterocycles. The molecule has 0 aliphatic heterocycles. The first kappa shape index (κ1) is 26.2. The number of carbonyl (C=O) groups is 2. The van der Waals surface area contributed by atoms with Gasteiger partial charge < -0.3 is 14.6 Å². The van der Waals surface area contributed by atoms with Crippen LogP contribution >= 0.6 is 0 Å². The zero-order valence-corrected chi connectivity index (χ0v) is 19.1. The molecule has 1 aromatic carbocycles. The van der Waals surface area contributed by atoms with Gasteiger partial charge in [0.05, 0.1) is 13.0 Å². The smallest absolute Gasteiger partial charge is 0.549 e. The van der Waals surface area contributed by atoms with E-state index in [-0.39, 0.29) is 36.0 Å². The van der Waals surface area contributed by atoms with Crippen molar-refractivity contribution in [2.24, 2.45) is 0 Å². The molecule has 0 saturated carbocycles. The van der Waals surface area contributed by atoms with Crippen molar-refractivity contribution >= 4 is 11.9 Å². The van der Waals surface area contributed by atoms with Crippen LogP contribution in [0.1, 0.15) is 89.0 Å². The van der Waals surface area contributed by atoms with E-state index >= 15 is 0 Å². The van der Waals surface area contributed by atoms with Crippen LogP contribution < -0.4 is 34.7 Å². The van der Waals surface area contributed by atoms with Gasteiger partial charge in [0.2, 0.25) is 0 Å². The molecular weight excluding hydrogens is 351 g/mol. The largest absolute Gasteiger partial charge is 1.00 e. The van der Waals surface area contributed by atoms with Crippen molar-refractivity contribution < 1.29 is 49.0 Å². The molecule has 0 fully saturated rings. The average Bonchev–Trinajstić information content (AvgIpc) is 2.64. The molecule has 0 N–H and O–H groups in total. The first-order valence-corrected chi connectivity index (χ1v) is 10.1. The molecule has 27 heavy (non-hydrogen) atoms. The molecule has 1 rings (SSSR count). The fourth-order valence-electron chi connectivity index (χ4n) is 3.02. The Balaban J connectivity index is 0.00000676. The summed E-state index contributed by atoms with van der Waals surface area (Å²) in [7, 11) is 0. The minimum Gasteiger partial charge on any atom is -0.549 e. The summed E-state index contributed by atoms with van der Waals surface area (Å²) in [6, 6.07) is 8.69. The summed E-state index contributed by atoms with van der Waals surface area (Å²) in [6.45, 7) is 2.59. The van der Waals surface area contributed by atoms with E-state index in [2.05, 4.69) is 6.92 Å². The van der Waals surface area contributed by atoms with E-state index in [1.807, 2.05) is 0 Å². The number of unbranched alkanes of at least 4 members (excludes halogenated alkanes) is 9. The SMILES string of the molecule is CCCCCCCCCCCCOC(=O)CC(C(=O)[O-])c1ccccc1.[Na+]. The maximum Gasteiger partial charge on any atom is 1.00 e. The molecule has 1 unspecified atom stereocenters. The van der Waals surface area contributed by atoms with Gasteiger partial charge in [-0.15, -0.1) is 0 Å². The molecule has 0 aliphatic carbocycles. The van der Waals surface area contributed by atoms with Gasteiger partial charge >= 0.3 is 35.5 Å². The molecular formula is C22H33NaO4. The molecule has 146 valence electrons. The third kappa shape index (κ3) is 13.0. The second kappa shape index (κ2) is 17.3. The normalized spacial score (nSPS) is 11.4. The molecule has 4 nitrogen and oxygen atoms in total. The summed E-state index contributed by atoms with van der Waals surface area (Å²) < 4.78 is 5.19. The van der Waals surface area contributed by atoms with Gasteiger partial charge in [-0.1, -0.05) is 95.0 Å². The van der Waals surface area contributed by atoms with Crippen molar-refractivity contribution in [3.63, 3.8) is 0 Å². The van der Waals surface area contributed by atoms with Crippen LogP contribution in [0.15, 0.2) is 30.3 Å². The van der Waals surface area contributed by atoms with E-state index in [1.165, 1.54) is 44.9 Å². The van der Waals surface area contributed by atoms with Gasteiger partial charge in [0, 0.05) is 11.9 Å². The van der Waals surface area contributed by atoms with Gasteiger partial charge in [-0.05, 0) is 12.0 Å². The number of aliphatic carboxylic acids is 1. The van der Waals surface area contributed by atoms with Crippen molar-refractivity contribution in [2.75, 3.05) is 6.61 Å². The maximum absolute atomic E-state index is 11.9. The zero-order valence-electron chi connectivity index (χ0n) is 17.1. The molecule has 0 spiro atoms. The molecule has 5 heteroatoms. The molecule has 1 aromatic rings. The Labute approximate surface area is 186 Å². The van der Waals surface area contributed by atoms with Crippen molar-refractivity contribution in [3.05, 3.63) is 35.9 Å². The number of hydrogen-bond acceptors (Lipinski definition) is 4. The fraction of sp³-hybridized carbons (Fsp3) is 0.636. The summed E-state index contributed by atoms with van der Waals surface area (Å²) >= 11 is 0. The quantitative estimate of drug-likeness (QED) is 0.260. The average molecular weight is 384 g/mol. The Bertz CT molecular complexity index is 504. The zero-order chi connectivity index (χ0) is 19.0. The number of carbonyl (C=O) groups excluding carboxylic acids is 2. The second-order valence-corrected chi connectivity index (χ2v) is 6.89. The molecule has 0 saturated heterocycles. The van der Waals surface area contributed by atoms with E-state index in [0.717, 1.165) is 19.3 Å². The minimum atomic E-state index is -1.24. The summed E-state index contributed by atoms with van der Waals surface area (Å²) in [5.74, 6) is -2.66.